The topological polar surface area (TPSA) is 59.2 Å². The molecule has 8 heteroatoms. The first-order valence-corrected chi connectivity index (χ1v) is 11.2. The summed E-state index contributed by atoms with van der Waals surface area (Å²) >= 11 is 0. The summed E-state index contributed by atoms with van der Waals surface area (Å²) < 4.78 is 44.1. The first-order valence-electron chi connectivity index (χ1n) is 11.2. The average Bonchev–Trinajstić information content (AvgIpc) is 3.28. The number of rotatable bonds is 6. The lowest BCUT2D eigenvalue weighted by atomic mass is 9.93. The van der Waals surface area contributed by atoms with E-state index in [-0.39, 0.29) is 17.5 Å². The van der Waals surface area contributed by atoms with E-state index in [0.717, 1.165) is 55.4 Å². The zero-order valence-electron chi connectivity index (χ0n) is 18.4. The highest BCUT2D eigenvalue weighted by Gasteiger charge is 2.31. The third-order valence-corrected chi connectivity index (χ3v) is 6.05. The van der Waals surface area contributed by atoms with Crippen LogP contribution >= 0.6 is 0 Å². The smallest absolute Gasteiger partial charge is 0.339 e. The zero-order valence-corrected chi connectivity index (χ0v) is 18.4. The van der Waals surface area contributed by atoms with E-state index in [1.807, 2.05) is 31.2 Å². The molecule has 174 valence electrons. The number of carbonyl (C=O) groups is 1. The van der Waals surface area contributed by atoms with Gasteiger partial charge in [0.2, 0.25) is 11.7 Å². The molecule has 1 fully saturated rings. The number of hydrogen-bond donors (Lipinski definition) is 0. The summed E-state index contributed by atoms with van der Waals surface area (Å²) in [7, 11) is 0. The summed E-state index contributed by atoms with van der Waals surface area (Å²) in [6.07, 6.45) is 0.885. The van der Waals surface area contributed by atoms with Crippen molar-refractivity contribution in [2.45, 2.75) is 57.7 Å². The van der Waals surface area contributed by atoms with Crippen LogP contribution in [0, 0.1) is 6.92 Å². The van der Waals surface area contributed by atoms with Crippen molar-refractivity contribution in [1.82, 2.24) is 15.0 Å². The van der Waals surface area contributed by atoms with Gasteiger partial charge in [-0.2, -0.15) is 18.2 Å². The molecule has 4 rings (SSSR count). The van der Waals surface area contributed by atoms with Gasteiger partial charge in [0, 0.05) is 30.1 Å². The van der Waals surface area contributed by atoms with Gasteiger partial charge < -0.3 is 9.42 Å². The number of benzene rings is 2. The molecule has 2 aromatic carbocycles. The van der Waals surface area contributed by atoms with E-state index in [1.165, 1.54) is 12.1 Å². The number of amides is 1. The van der Waals surface area contributed by atoms with Crippen LogP contribution in [0.25, 0.3) is 11.4 Å². The summed E-state index contributed by atoms with van der Waals surface area (Å²) in [5.74, 6) is 0.647. The van der Waals surface area contributed by atoms with Crippen molar-refractivity contribution < 1.29 is 22.5 Å². The Morgan fingerprint density at radius 2 is 1.82 bits per heavy atom. The molecule has 1 aliphatic rings. The second-order valence-electron chi connectivity index (χ2n) is 8.50. The van der Waals surface area contributed by atoms with Crippen molar-refractivity contribution in [1.29, 1.82) is 0 Å². The van der Waals surface area contributed by atoms with Crippen LogP contribution in [0.3, 0.4) is 0 Å². The second kappa shape index (κ2) is 9.77. The molecule has 1 heterocycles. The molecule has 3 aromatic rings. The Balaban J connectivity index is 1.50. The van der Waals surface area contributed by atoms with Crippen molar-refractivity contribution >= 4 is 5.91 Å². The molecule has 0 saturated heterocycles. The maximum Gasteiger partial charge on any atom is 0.416 e. The van der Waals surface area contributed by atoms with E-state index >= 15 is 0 Å². The predicted octanol–water partition coefficient (Wildman–Crippen LogP) is 6.08. The molecule has 0 atom stereocenters. The van der Waals surface area contributed by atoms with Crippen LogP contribution in [-0.4, -0.2) is 33.5 Å². The summed E-state index contributed by atoms with van der Waals surface area (Å²) in [6.45, 7) is 2.35. The molecule has 0 unspecified atom stereocenters. The molecular formula is C25H26F3N3O2. The van der Waals surface area contributed by atoms with Crippen LogP contribution in [0.15, 0.2) is 53.1 Å². The van der Waals surface area contributed by atoms with E-state index in [1.54, 1.807) is 4.90 Å². The normalized spacial score (nSPS) is 14.9. The molecule has 0 spiro atoms. The molecule has 0 aliphatic heterocycles. The van der Waals surface area contributed by atoms with Crippen molar-refractivity contribution in [2.75, 3.05) is 6.54 Å². The van der Waals surface area contributed by atoms with Gasteiger partial charge >= 0.3 is 6.18 Å². The van der Waals surface area contributed by atoms with Gasteiger partial charge in [0.15, 0.2) is 0 Å². The molecule has 33 heavy (non-hydrogen) atoms. The van der Waals surface area contributed by atoms with Crippen LogP contribution in [0.2, 0.25) is 0 Å². The lowest BCUT2D eigenvalue weighted by molar-refractivity contribution is -0.137. The number of aromatic nitrogens is 2. The first kappa shape index (κ1) is 23.0. The lowest BCUT2D eigenvalue weighted by Gasteiger charge is -2.34. The summed E-state index contributed by atoms with van der Waals surface area (Å²) in [5.41, 5.74) is 1.43. The van der Waals surface area contributed by atoms with Crippen molar-refractivity contribution in [3.8, 4) is 11.4 Å². The van der Waals surface area contributed by atoms with Gasteiger partial charge in [0.25, 0.3) is 5.91 Å². The molecule has 1 aromatic heterocycles. The number of carbonyl (C=O) groups excluding carboxylic acids is 1. The molecule has 0 radical (unpaired) electrons. The van der Waals surface area contributed by atoms with Crippen LogP contribution in [-0.2, 0) is 12.6 Å². The van der Waals surface area contributed by atoms with Gasteiger partial charge in [0.05, 0.1) is 5.56 Å². The molecule has 1 aliphatic carbocycles. The lowest BCUT2D eigenvalue weighted by Crippen LogP contribution is -2.42. The third-order valence-electron chi connectivity index (χ3n) is 6.05. The predicted molar refractivity (Wildman–Crippen MR) is 118 cm³/mol. The van der Waals surface area contributed by atoms with Crippen LogP contribution < -0.4 is 0 Å². The number of aryl methyl sites for hydroxylation is 1. The Labute approximate surface area is 190 Å². The van der Waals surface area contributed by atoms with E-state index in [0.29, 0.717) is 24.7 Å². The summed E-state index contributed by atoms with van der Waals surface area (Å²) in [5, 5.41) is 4.06. The number of halogens is 3. The van der Waals surface area contributed by atoms with E-state index in [4.69, 9.17) is 4.52 Å². The number of alkyl halides is 3. The fourth-order valence-corrected chi connectivity index (χ4v) is 4.28. The van der Waals surface area contributed by atoms with Crippen LogP contribution in [0.1, 0.15) is 59.5 Å². The van der Waals surface area contributed by atoms with Gasteiger partial charge in [-0.1, -0.05) is 48.2 Å². The third kappa shape index (κ3) is 5.61. The van der Waals surface area contributed by atoms with E-state index in [9.17, 15) is 18.0 Å². The van der Waals surface area contributed by atoms with Gasteiger partial charge in [-0.05, 0) is 50.1 Å². The highest BCUT2D eigenvalue weighted by Crippen LogP contribution is 2.30. The van der Waals surface area contributed by atoms with Crippen LogP contribution in [0.4, 0.5) is 13.2 Å². The number of nitrogens with zero attached hydrogens (tertiary/aromatic N) is 3. The molecule has 5 nitrogen and oxygen atoms in total. The van der Waals surface area contributed by atoms with Gasteiger partial charge in [0.1, 0.15) is 0 Å². The van der Waals surface area contributed by atoms with Gasteiger partial charge in [-0.25, -0.2) is 0 Å². The maximum absolute atomic E-state index is 13.3. The highest BCUT2D eigenvalue weighted by molar-refractivity contribution is 5.94. The fraction of sp³-hybridized carbons (Fsp3) is 0.400. The highest BCUT2D eigenvalue weighted by atomic mass is 19.4. The minimum Gasteiger partial charge on any atom is -0.339 e. The van der Waals surface area contributed by atoms with Crippen LogP contribution in [0.5, 0.6) is 0 Å². The molecule has 0 bridgehead atoms. The van der Waals surface area contributed by atoms with Crippen molar-refractivity contribution in [3.63, 3.8) is 0 Å². The summed E-state index contributed by atoms with van der Waals surface area (Å²) in [6, 6.07) is 12.3. The molecular weight excluding hydrogens is 431 g/mol. The van der Waals surface area contributed by atoms with Gasteiger partial charge in [-0.3, -0.25) is 4.79 Å². The minimum atomic E-state index is -4.43. The molecule has 1 amide bonds. The zero-order chi connectivity index (χ0) is 23.4. The standard InChI is InChI=1S/C25H26F3N3O2/c1-17-6-5-7-19(16-17)23-29-22(33-30-23)14-15-31(21-8-3-2-4-9-21)24(32)18-10-12-20(13-11-18)25(26,27)28/h5-7,10-13,16,21H,2-4,8-9,14-15H2,1H3. The SMILES string of the molecule is Cc1cccc(-c2noc(CCN(C(=O)c3ccc(C(F)(F)F)cc3)C3CCCCC3)n2)c1. The van der Waals surface area contributed by atoms with Crippen molar-refractivity contribution in [2.24, 2.45) is 0 Å². The largest absolute Gasteiger partial charge is 0.416 e. The van der Waals surface area contributed by atoms with Gasteiger partial charge in [-0.15, -0.1) is 0 Å². The van der Waals surface area contributed by atoms with E-state index < -0.39 is 11.7 Å². The fourth-order valence-electron chi connectivity index (χ4n) is 4.28. The Morgan fingerprint density at radius 1 is 1.09 bits per heavy atom. The molecule has 0 N–H and O–H groups in total. The Hall–Kier alpha value is -3.16. The quantitative estimate of drug-likeness (QED) is 0.450. The Bertz CT molecular complexity index is 1090. The Morgan fingerprint density at radius 3 is 2.48 bits per heavy atom. The molecule has 1 saturated carbocycles. The second-order valence-corrected chi connectivity index (χ2v) is 8.50. The first-order chi connectivity index (χ1) is 15.8. The van der Waals surface area contributed by atoms with E-state index in [2.05, 4.69) is 10.1 Å². The minimum absolute atomic E-state index is 0.0488. The van der Waals surface area contributed by atoms with Crippen molar-refractivity contribution in [3.05, 3.63) is 71.1 Å². The maximum atomic E-state index is 13.3. The Kier molecular flexibility index (Phi) is 6.81. The summed E-state index contributed by atoms with van der Waals surface area (Å²) in [4.78, 5) is 19.5. The number of hydrogen-bond acceptors (Lipinski definition) is 4. The average molecular weight is 457 g/mol. The monoisotopic (exact) mass is 457 g/mol.